The van der Waals surface area contributed by atoms with Crippen molar-refractivity contribution in [2.45, 2.75) is 38.2 Å². The summed E-state index contributed by atoms with van der Waals surface area (Å²) >= 11 is 0. The summed E-state index contributed by atoms with van der Waals surface area (Å²) in [4.78, 5) is 10.9. The zero-order valence-electron chi connectivity index (χ0n) is 11.8. The molecule has 0 aliphatic carbocycles. The molecule has 1 heterocycles. The molecule has 4 nitrogen and oxygen atoms in total. The van der Waals surface area contributed by atoms with Crippen LogP contribution in [0.2, 0.25) is 0 Å². The maximum Gasteiger partial charge on any atom is 0.508 e. The lowest BCUT2D eigenvalue weighted by molar-refractivity contribution is 0.113. The predicted octanol–water partition coefficient (Wildman–Crippen LogP) is 3.42. The van der Waals surface area contributed by atoms with Gasteiger partial charge < -0.3 is 9.47 Å². The molecule has 1 aliphatic rings. The number of ether oxygens (including phenoxy) is 2. The van der Waals surface area contributed by atoms with Gasteiger partial charge >= 0.3 is 6.16 Å². The van der Waals surface area contributed by atoms with Gasteiger partial charge in [-0.3, -0.25) is 0 Å². The van der Waals surface area contributed by atoms with Crippen LogP contribution in [0.5, 0.6) is 0 Å². The number of cyclic esters (lactones) is 2. The number of carbonyl (C=O) groups is 1. The quantitative estimate of drug-likeness (QED) is 0.771. The molecule has 1 aromatic rings. The molecule has 2 rings (SSSR count). The molecule has 4 heteroatoms. The zero-order valence-corrected chi connectivity index (χ0v) is 11.8. The van der Waals surface area contributed by atoms with E-state index in [0.29, 0.717) is 12.8 Å². The molecule has 0 N–H and O–H groups in total. The van der Waals surface area contributed by atoms with E-state index in [1.165, 1.54) is 0 Å². The summed E-state index contributed by atoms with van der Waals surface area (Å²) in [7, 11) is 0. The second-order valence-electron chi connectivity index (χ2n) is 5.44. The number of hydrogen-bond acceptors (Lipinski definition) is 4. The first-order valence-corrected chi connectivity index (χ1v) is 6.88. The number of nitriles is 1. The molecule has 0 unspecified atom stereocenters. The van der Waals surface area contributed by atoms with Gasteiger partial charge in [-0.2, -0.15) is 5.26 Å². The summed E-state index contributed by atoms with van der Waals surface area (Å²) in [5.74, 6) is 0.174. The Hall–Kier alpha value is -2.02. The van der Waals surface area contributed by atoms with Gasteiger partial charge in [-0.15, -0.1) is 0 Å². The van der Waals surface area contributed by atoms with Crippen LogP contribution in [0.15, 0.2) is 30.3 Å². The van der Waals surface area contributed by atoms with Crippen molar-refractivity contribution in [3.05, 3.63) is 35.9 Å². The normalized spacial score (nSPS) is 20.9. The van der Waals surface area contributed by atoms with Crippen LogP contribution in [-0.4, -0.2) is 18.9 Å². The highest BCUT2D eigenvalue weighted by atomic mass is 16.8. The Labute approximate surface area is 119 Å². The lowest BCUT2D eigenvalue weighted by atomic mass is 9.69. The SMILES string of the molecule is CC(C)[C@](C#N)(CC[C@@H]1COC(=O)O1)c1ccccc1. The van der Waals surface area contributed by atoms with Crippen LogP contribution in [0, 0.1) is 17.2 Å². The summed E-state index contributed by atoms with van der Waals surface area (Å²) in [5, 5.41) is 9.74. The largest absolute Gasteiger partial charge is 0.508 e. The monoisotopic (exact) mass is 273 g/mol. The van der Waals surface area contributed by atoms with E-state index >= 15 is 0 Å². The van der Waals surface area contributed by atoms with Gasteiger partial charge in [0.15, 0.2) is 0 Å². The molecule has 2 atom stereocenters. The summed E-state index contributed by atoms with van der Waals surface area (Å²) in [5.41, 5.74) is 0.457. The fourth-order valence-corrected chi connectivity index (χ4v) is 2.65. The predicted molar refractivity (Wildman–Crippen MR) is 74.0 cm³/mol. The molecule has 0 radical (unpaired) electrons. The van der Waals surface area contributed by atoms with Crippen LogP contribution in [0.4, 0.5) is 4.79 Å². The van der Waals surface area contributed by atoms with E-state index in [-0.39, 0.29) is 18.6 Å². The summed E-state index contributed by atoms with van der Waals surface area (Å²) in [6.45, 7) is 4.38. The Kier molecular flexibility index (Phi) is 4.29. The molecule has 0 saturated carbocycles. The zero-order chi connectivity index (χ0) is 14.6. The average Bonchev–Trinajstić information content (AvgIpc) is 2.87. The first-order valence-electron chi connectivity index (χ1n) is 6.88. The standard InChI is InChI=1S/C16H19NO3/c1-12(2)16(11-17,13-6-4-3-5-7-13)9-8-14-10-19-15(18)20-14/h3-7,12,14H,8-10H2,1-2H3/t14-,16-/m1/s1. The highest BCUT2D eigenvalue weighted by molar-refractivity contribution is 5.61. The maximum atomic E-state index is 10.9. The number of nitrogens with zero attached hydrogens (tertiary/aromatic N) is 1. The molecule has 1 aliphatic heterocycles. The molecule has 106 valence electrons. The summed E-state index contributed by atoms with van der Waals surface area (Å²) < 4.78 is 9.83. The highest BCUT2D eigenvalue weighted by Crippen LogP contribution is 2.37. The minimum Gasteiger partial charge on any atom is -0.430 e. The minimum absolute atomic E-state index is 0.174. The van der Waals surface area contributed by atoms with Crippen molar-refractivity contribution in [3.63, 3.8) is 0 Å². The Morgan fingerprint density at radius 2 is 2.10 bits per heavy atom. The summed E-state index contributed by atoms with van der Waals surface area (Å²) in [6.07, 6.45) is 0.429. The molecule has 0 aromatic heterocycles. The van der Waals surface area contributed by atoms with Crippen LogP contribution in [-0.2, 0) is 14.9 Å². The Bertz CT molecular complexity index is 506. The molecular formula is C16H19NO3. The van der Waals surface area contributed by atoms with Crippen molar-refractivity contribution in [1.29, 1.82) is 5.26 Å². The first kappa shape index (κ1) is 14.4. The van der Waals surface area contributed by atoms with Gasteiger partial charge in [-0.05, 0) is 24.3 Å². The third-order valence-electron chi connectivity index (χ3n) is 3.98. The van der Waals surface area contributed by atoms with Gasteiger partial charge in [0.25, 0.3) is 0 Å². The topological polar surface area (TPSA) is 59.3 Å². The first-order chi connectivity index (χ1) is 9.58. The van der Waals surface area contributed by atoms with Crippen molar-refractivity contribution in [3.8, 4) is 6.07 Å². The van der Waals surface area contributed by atoms with Crippen LogP contribution in [0.25, 0.3) is 0 Å². The Morgan fingerprint density at radius 3 is 2.60 bits per heavy atom. The van der Waals surface area contributed by atoms with Crippen molar-refractivity contribution >= 4 is 6.16 Å². The summed E-state index contributed by atoms with van der Waals surface area (Å²) in [6, 6.07) is 12.3. The molecule has 1 aromatic carbocycles. The molecule has 0 bridgehead atoms. The van der Waals surface area contributed by atoms with E-state index < -0.39 is 11.6 Å². The van der Waals surface area contributed by atoms with Crippen LogP contribution in [0.1, 0.15) is 32.3 Å². The van der Waals surface area contributed by atoms with E-state index in [0.717, 1.165) is 5.56 Å². The number of hydrogen-bond donors (Lipinski definition) is 0. The van der Waals surface area contributed by atoms with Crippen LogP contribution in [0.3, 0.4) is 0 Å². The van der Waals surface area contributed by atoms with Crippen molar-refractivity contribution in [2.24, 2.45) is 5.92 Å². The van der Waals surface area contributed by atoms with Crippen molar-refractivity contribution in [2.75, 3.05) is 6.61 Å². The number of benzene rings is 1. The molecule has 20 heavy (non-hydrogen) atoms. The van der Waals surface area contributed by atoms with E-state index in [9.17, 15) is 10.1 Å². The highest BCUT2D eigenvalue weighted by Gasteiger charge is 2.37. The third-order valence-corrected chi connectivity index (χ3v) is 3.98. The van der Waals surface area contributed by atoms with Gasteiger partial charge in [0.05, 0.1) is 11.5 Å². The molecule has 0 spiro atoms. The van der Waals surface area contributed by atoms with Gasteiger partial charge in [-0.25, -0.2) is 4.79 Å². The van der Waals surface area contributed by atoms with Crippen molar-refractivity contribution in [1.82, 2.24) is 0 Å². The fraction of sp³-hybridized carbons (Fsp3) is 0.500. The molecular weight excluding hydrogens is 254 g/mol. The lowest BCUT2D eigenvalue weighted by Crippen LogP contribution is -2.32. The molecule has 1 saturated heterocycles. The maximum absolute atomic E-state index is 10.9. The van der Waals surface area contributed by atoms with Crippen molar-refractivity contribution < 1.29 is 14.3 Å². The van der Waals surface area contributed by atoms with E-state index in [4.69, 9.17) is 9.47 Å². The number of carbonyl (C=O) groups excluding carboxylic acids is 1. The van der Waals surface area contributed by atoms with Crippen LogP contribution < -0.4 is 0 Å². The number of rotatable bonds is 5. The second-order valence-corrected chi connectivity index (χ2v) is 5.44. The van der Waals surface area contributed by atoms with E-state index in [1.807, 2.05) is 44.2 Å². The molecule has 1 fully saturated rings. The second kappa shape index (κ2) is 5.96. The fourth-order valence-electron chi connectivity index (χ4n) is 2.65. The van der Waals surface area contributed by atoms with Gasteiger partial charge in [-0.1, -0.05) is 44.2 Å². The minimum atomic E-state index is -0.609. The molecule has 0 amide bonds. The van der Waals surface area contributed by atoms with Gasteiger partial charge in [0, 0.05) is 0 Å². The smallest absolute Gasteiger partial charge is 0.430 e. The Morgan fingerprint density at radius 1 is 1.40 bits per heavy atom. The van der Waals surface area contributed by atoms with Gasteiger partial charge in [0.1, 0.15) is 12.7 Å². The lowest BCUT2D eigenvalue weighted by Gasteiger charge is -2.31. The van der Waals surface area contributed by atoms with E-state index in [2.05, 4.69) is 6.07 Å². The third kappa shape index (κ3) is 2.77. The van der Waals surface area contributed by atoms with E-state index in [1.54, 1.807) is 0 Å². The van der Waals surface area contributed by atoms with Gasteiger partial charge in [0.2, 0.25) is 0 Å². The van der Waals surface area contributed by atoms with Crippen LogP contribution >= 0.6 is 0 Å². The Balaban J connectivity index is 2.16. The average molecular weight is 273 g/mol.